The Morgan fingerprint density at radius 1 is 0.565 bits per heavy atom. The Balaban J connectivity index is 0.00000127. The number of rotatable bonds is 2. The van der Waals surface area contributed by atoms with Gasteiger partial charge in [0.2, 0.25) is 0 Å². The van der Waals surface area contributed by atoms with Crippen molar-refractivity contribution in [3.05, 3.63) is 35.4 Å². The monoisotopic (exact) mass is 322 g/mol. The lowest BCUT2D eigenvalue weighted by molar-refractivity contribution is 0.383. The smallest absolute Gasteiger partial charge is 0.127 e. The van der Waals surface area contributed by atoms with Crippen molar-refractivity contribution in [2.75, 3.05) is 0 Å². The summed E-state index contributed by atoms with van der Waals surface area (Å²) in [6, 6.07) is 4.19. The molecule has 6 heteroatoms. The van der Waals surface area contributed by atoms with Crippen LogP contribution in [0.2, 0.25) is 0 Å². The maximum absolute atomic E-state index is 9.97. The quantitative estimate of drug-likeness (QED) is 0.504. The van der Waals surface area contributed by atoms with Gasteiger partial charge in [-0.3, -0.25) is 0 Å². The SMILES string of the molecule is CC.CC(C)(c1c(O)cc(O)cc1O)c1c(O)cc(O)cc1O. The third-order valence-electron chi connectivity index (χ3n) is 3.41. The normalized spacial score (nSPS) is 10.8. The molecular formula is C17H22O6. The predicted molar refractivity (Wildman–Crippen MR) is 86.3 cm³/mol. The minimum atomic E-state index is -1.19. The van der Waals surface area contributed by atoms with Gasteiger partial charge in [0.15, 0.2) is 0 Å². The number of hydrogen-bond donors (Lipinski definition) is 6. The molecule has 6 N–H and O–H groups in total. The van der Waals surface area contributed by atoms with Gasteiger partial charge in [-0.2, -0.15) is 0 Å². The molecule has 2 aromatic rings. The van der Waals surface area contributed by atoms with E-state index in [0.29, 0.717) is 0 Å². The van der Waals surface area contributed by atoms with Crippen molar-refractivity contribution in [1.82, 2.24) is 0 Å². The number of aromatic hydroxyl groups is 6. The summed E-state index contributed by atoms with van der Waals surface area (Å²) in [6.07, 6.45) is 0. The Labute approximate surface area is 134 Å². The van der Waals surface area contributed by atoms with Gasteiger partial charge in [-0.05, 0) is 0 Å². The summed E-state index contributed by atoms with van der Waals surface area (Å²) in [5.74, 6) is -2.17. The van der Waals surface area contributed by atoms with E-state index in [9.17, 15) is 30.6 Å². The molecule has 0 aromatic heterocycles. The van der Waals surface area contributed by atoms with Crippen LogP contribution >= 0.6 is 0 Å². The average molecular weight is 322 g/mol. The molecule has 0 aliphatic rings. The van der Waals surface area contributed by atoms with Crippen LogP contribution < -0.4 is 0 Å². The molecule has 0 aliphatic heterocycles. The number of phenolic OH excluding ortho intramolecular Hbond substituents is 6. The molecule has 0 bridgehead atoms. The standard InChI is InChI=1S/C15H16O6.C2H6/c1-15(2,13-9(18)3-7(16)4-10(13)19)14-11(20)5-8(17)6-12(14)21;1-2/h3-6,16-21H,1-2H3;1-2H3. The van der Waals surface area contributed by atoms with Crippen molar-refractivity contribution in [1.29, 1.82) is 0 Å². The largest absolute Gasteiger partial charge is 0.508 e. The molecule has 0 spiro atoms. The second kappa shape index (κ2) is 6.56. The van der Waals surface area contributed by atoms with Crippen LogP contribution in [-0.2, 0) is 5.41 Å². The zero-order chi connectivity index (χ0) is 17.9. The molecule has 0 amide bonds. The van der Waals surface area contributed by atoms with Crippen molar-refractivity contribution in [3.63, 3.8) is 0 Å². The molecule has 2 rings (SSSR count). The van der Waals surface area contributed by atoms with Crippen molar-refractivity contribution < 1.29 is 30.6 Å². The highest BCUT2D eigenvalue weighted by molar-refractivity contribution is 5.62. The summed E-state index contributed by atoms with van der Waals surface area (Å²) in [5.41, 5.74) is -1.14. The van der Waals surface area contributed by atoms with Crippen LogP contribution in [0.5, 0.6) is 34.5 Å². The highest BCUT2D eigenvalue weighted by Crippen LogP contribution is 2.49. The van der Waals surface area contributed by atoms with Gasteiger partial charge in [-0.15, -0.1) is 0 Å². The van der Waals surface area contributed by atoms with Crippen molar-refractivity contribution in [2.45, 2.75) is 33.1 Å². The molecule has 126 valence electrons. The van der Waals surface area contributed by atoms with E-state index in [4.69, 9.17) is 0 Å². The summed E-state index contributed by atoms with van der Waals surface area (Å²) >= 11 is 0. The first-order valence-electron chi connectivity index (χ1n) is 7.15. The summed E-state index contributed by atoms with van der Waals surface area (Å²) in [5, 5.41) is 58.6. The topological polar surface area (TPSA) is 121 Å². The highest BCUT2D eigenvalue weighted by Gasteiger charge is 2.35. The molecule has 23 heavy (non-hydrogen) atoms. The van der Waals surface area contributed by atoms with E-state index in [1.807, 2.05) is 13.8 Å². The summed E-state index contributed by atoms with van der Waals surface area (Å²) < 4.78 is 0. The zero-order valence-corrected chi connectivity index (χ0v) is 13.5. The van der Waals surface area contributed by atoms with E-state index in [1.165, 1.54) is 0 Å². The minimum absolute atomic E-state index is 0.0246. The lowest BCUT2D eigenvalue weighted by atomic mass is 9.76. The first kappa shape index (κ1) is 18.3. The highest BCUT2D eigenvalue weighted by atomic mass is 16.3. The number of benzene rings is 2. The molecular weight excluding hydrogens is 300 g/mol. The van der Waals surface area contributed by atoms with Gasteiger partial charge in [-0.1, -0.05) is 27.7 Å². The predicted octanol–water partition coefficient (Wildman–Crippen LogP) is 3.27. The van der Waals surface area contributed by atoms with Gasteiger partial charge in [0.25, 0.3) is 0 Å². The summed E-state index contributed by atoms with van der Waals surface area (Å²) in [6.45, 7) is 7.12. The molecule has 0 aliphatic carbocycles. The van der Waals surface area contributed by atoms with Crippen LogP contribution in [0.4, 0.5) is 0 Å². The third kappa shape index (κ3) is 3.36. The Morgan fingerprint density at radius 2 is 0.783 bits per heavy atom. The molecule has 0 saturated heterocycles. The van der Waals surface area contributed by atoms with E-state index >= 15 is 0 Å². The molecule has 0 heterocycles. The van der Waals surface area contributed by atoms with E-state index in [1.54, 1.807) is 13.8 Å². The van der Waals surface area contributed by atoms with Crippen molar-refractivity contribution >= 4 is 0 Å². The fourth-order valence-electron chi connectivity index (χ4n) is 2.60. The minimum Gasteiger partial charge on any atom is -0.508 e. The van der Waals surface area contributed by atoms with Gasteiger partial charge in [0.1, 0.15) is 34.5 Å². The van der Waals surface area contributed by atoms with Gasteiger partial charge in [0.05, 0.1) is 0 Å². The van der Waals surface area contributed by atoms with Crippen LogP contribution in [0.3, 0.4) is 0 Å². The maximum Gasteiger partial charge on any atom is 0.127 e. The third-order valence-corrected chi connectivity index (χ3v) is 3.41. The van der Waals surface area contributed by atoms with E-state index in [0.717, 1.165) is 24.3 Å². The Bertz CT molecular complexity index is 601. The van der Waals surface area contributed by atoms with Gasteiger partial charge in [-0.25, -0.2) is 0 Å². The molecule has 0 atom stereocenters. The van der Waals surface area contributed by atoms with Crippen LogP contribution in [0.25, 0.3) is 0 Å². The van der Waals surface area contributed by atoms with Crippen LogP contribution in [0, 0.1) is 0 Å². The zero-order valence-electron chi connectivity index (χ0n) is 13.5. The van der Waals surface area contributed by atoms with Crippen LogP contribution in [-0.4, -0.2) is 30.6 Å². The number of hydrogen-bond acceptors (Lipinski definition) is 6. The molecule has 6 nitrogen and oxygen atoms in total. The van der Waals surface area contributed by atoms with E-state index in [-0.39, 0.29) is 45.6 Å². The molecule has 0 saturated carbocycles. The lowest BCUT2D eigenvalue weighted by Crippen LogP contribution is -2.19. The first-order valence-corrected chi connectivity index (χ1v) is 7.15. The molecule has 0 fully saturated rings. The van der Waals surface area contributed by atoms with Crippen molar-refractivity contribution in [3.8, 4) is 34.5 Å². The maximum atomic E-state index is 9.97. The molecule has 2 aromatic carbocycles. The van der Waals surface area contributed by atoms with Gasteiger partial charge in [0, 0.05) is 40.8 Å². The average Bonchev–Trinajstić information content (AvgIpc) is 2.37. The lowest BCUT2D eigenvalue weighted by Gasteiger charge is -2.29. The summed E-state index contributed by atoms with van der Waals surface area (Å²) in [7, 11) is 0. The Kier molecular flexibility index (Phi) is 5.22. The van der Waals surface area contributed by atoms with E-state index < -0.39 is 5.41 Å². The first-order chi connectivity index (χ1) is 10.6. The Hall–Kier alpha value is -2.76. The van der Waals surface area contributed by atoms with Gasteiger partial charge >= 0.3 is 0 Å². The fourth-order valence-corrected chi connectivity index (χ4v) is 2.60. The second-order valence-corrected chi connectivity index (χ2v) is 5.34. The molecule has 0 unspecified atom stereocenters. The van der Waals surface area contributed by atoms with Crippen LogP contribution in [0.15, 0.2) is 24.3 Å². The Morgan fingerprint density at radius 3 is 1.00 bits per heavy atom. The van der Waals surface area contributed by atoms with Crippen molar-refractivity contribution in [2.24, 2.45) is 0 Å². The van der Waals surface area contributed by atoms with Crippen LogP contribution in [0.1, 0.15) is 38.8 Å². The van der Waals surface area contributed by atoms with E-state index in [2.05, 4.69) is 0 Å². The second-order valence-electron chi connectivity index (χ2n) is 5.34. The number of phenols is 6. The molecule has 0 radical (unpaired) electrons. The summed E-state index contributed by atoms with van der Waals surface area (Å²) in [4.78, 5) is 0. The fraction of sp³-hybridized carbons (Fsp3) is 0.294. The van der Waals surface area contributed by atoms with Gasteiger partial charge < -0.3 is 30.6 Å².